The van der Waals surface area contributed by atoms with E-state index in [-0.39, 0.29) is 24.4 Å². The highest BCUT2D eigenvalue weighted by molar-refractivity contribution is 14.1. The van der Waals surface area contributed by atoms with Gasteiger partial charge in [0.1, 0.15) is 5.82 Å². The smallest absolute Gasteiger partial charge is 0.255 e. The second-order valence-corrected chi connectivity index (χ2v) is 6.65. The lowest BCUT2D eigenvalue weighted by atomic mass is 10.0. The minimum absolute atomic E-state index is 0.131. The fraction of sp³-hybridized carbons (Fsp3) is 0.500. The first-order chi connectivity index (χ1) is 9.32. The van der Waals surface area contributed by atoms with Gasteiger partial charge in [-0.2, -0.15) is 0 Å². The van der Waals surface area contributed by atoms with Gasteiger partial charge in [-0.05, 0) is 54.6 Å². The highest BCUT2D eigenvalue weighted by atomic mass is 127. The number of hydrogen-bond donors (Lipinski definition) is 1. The molecule has 1 N–H and O–H groups in total. The minimum atomic E-state index is -0.507. The maximum Gasteiger partial charge on any atom is 0.255 e. The van der Waals surface area contributed by atoms with Crippen molar-refractivity contribution < 1.29 is 19.0 Å². The van der Waals surface area contributed by atoms with E-state index >= 15 is 0 Å². The van der Waals surface area contributed by atoms with Crippen LogP contribution in [-0.4, -0.2) is 47.3 Å². The van der Waals surface area contributed by atoms with Gasteiger partial charge >= 0.3 is 0 Å². The molecule has 0 aliphatic carbocycles. The summed E-state index contributed by atoms with van der Waals surface area (Å²) in [5, 5.41) is 9.27. The molecule has 4 nitrogen and oxygen atoms in total. The van der Waals surface area contributed by atoms with Crippen LogP contribution in [0, 0.1) is 9.39 Å². The van der Waals surface area contributed by atoms with Gasteiger partial charge in [0.25, 0.3) is 5.91 Å². The predicted octanol–water partition coefficient (Wildman–Crippen LogP) is 2.04. The Kier molecular flexibility index (Phi) is 4.66. The number of carbonyl (C=O) groups is 1. The van der Waals surface area contributed by atoms with Gasteiger partial charge in [0, 0.05) is 16.7 Å². The van der Waals surface area contributed by atoms with Crippen LogP contribution >= 0.6 is 22.6 Å². The largest absolute Gasteiger partial charge is 0.394 e. The van der Waals surface area contributed by atoms with Crippen LogP contribution in [0.4, 0.5) is 4.39 Å². The summed E-state index contributed by atoms with van der Waals surface area (Å²) in [4.78, 5) is 14.2. The zero-order valence-corrected chi connectivity index (χ0v) is 13.6. The summed E-state index contributed by atoms with van der Waals surface area (Å²) in [6.45, 7) is 4.41. The molecule has 2 rings (SSSR count). The Labute approximate surface area is 131 Å². The van der Waals surface area contributed by atoms with E-state index in [0.717, 1.165) is 0 Å². The number of halogens is 2. The van der Waals surface area contributed by atoms with Crippen LogP contribution in [0.3, 0.4) is 0 Å². The summed E-state index contributed by atoms with van der Waals surface area (Å²) in [5.74, 6) is -0.522. The van der Waals surface area contributed by atoms with Crippen LogP contribution in [0.15, 0.2) is 18.2 Å². The Morgan fingerprint density at radius 3 is 2.90 bits per heavy atom. The minimum Gasteiger partial charge on any atom is -0.394 e. The number of carbonyl (C=O) groups excluding carboxylic acids is 1. The zero-order valence-electron chi connectivity index (χ0n) is 11.4. The lowest BCUT2D eigenvalue weighted by molar-refractivity contribution is -0.139. The third-order valence-corrected chi connectivity index (χ3v) is 4.03. The molecule has 110 valence electrons. The van der Waals surface area contributed by atoms with E-state index in [9.17, 15) is 14.3 Å². The quantitative estimate of drug-likeness (QED) is 0.783. The number of rotatable bonds is 2. The maximum atomic E-state index is 13.1. The van der Waals surface area contributed by atoms with Crippen LogP contribution in [-0.2, 0) is 4.74 Å². The summed E-state index contributed by atoms with van der Waals surface area (Å²) >= 11 is 1.95. The third-order valence-electron chi connectivity index (χ3n) is 3.13. The molecule has 0 saturated carbocycles. The van der Waals surface area contributed by atoms with Gasteiger partial charge in [-0.1, -0.05) is 0 Å². The predicted molar refractivity (Wildman–Crippen MR) is 81.1 cm³/mol. The van der Waals surface area contributed by atoms with Crippen molar-refractivity contribution in [2.45, 2.75) is 25.6 Å². The van der Waals surface area contributed by atoms with Crippen LogP contribution in [0.5, 0.6) is 0 Å². The molecular formula is C14H17FINO3. The van der Waals surface area contributed by atoms with E-state index in [0.29, 0.717) is 22.2 Å². The Bertz CT molecular complexity index is 521. The summed E-state index contributed by atoms with van der Waals surface area (Å²) in [6, 6.07) is 4.11. The molecule has 0 bridgehead atoms. The monoisotopic (exact) mass is 393 g/mol. The first kappa shape index (κ1) is 15.7. The number of morpholine rings is 1. The van der Waals surface area contributed by atoms with Crippen molar-refractivity contribution >= 4 is 28.5 Å². The normalized spacial score (nSPS) is 21.9. The average Bonchev–Trinajstić information content (AvgIpc) is 2.36. The van der Waals surface area contributed by atoms with Gasteiger partial charge in [-0.25, -0.2) is 4.39 Å². The van der Waals surface area contributed by atoms with Crippen molar-refractivity contribution in [1.29, 1.82) is 0 Å². The average molecular weight is 393 g/mol. The zero-order chi connectivity index (χ0) is 14.9. The van der Waals surface area contributed by atoms with Crippen molar-refractivity contribution in [3.8, 4) is 0 Å². The summed E-state index contributed by atoms with van der Waals surface area (Å²) in [6.07, 6.45) is -0.388. The lowest BCUT2D eigenvalue weighted by Gasteiger charge is -2.42. The Balaban J connectivity index is 2.23. The standard InChI is InChI=1S/C14H17FINO3/c1-14(2)8-17(6-10(7-18)20-14)13(19)11-4-3-9(15)5-12(11)16/h3-5,10,18H,6-8H2,1-2H3. The molecule has 0 spiro atoms. The highest BCUT2D eigenvalue weighted by Crippen LogP contribution is 2.24. The lowest BCUT2D eigenvalue weighted by Crippen LogP contribution is -2.55. The fourth-order valence-electron chi connectivity index (χ4n) is 2.38. The Morgan fingerprint density at radius 2 is 2.30 bits per heavy atom. The van der Waals surface area contributed by atoms with E-state index in [1.165, 1.54) is 18.2 Å². The molecule has 0 radical (unpaired) electrons. The molecule has 1 unspecified atom stereocenters. The second kappa shape index (κ2) is 5.95. The molecule has 1 atom stereocenters. The summed E-state index contributed by atoms with van der Waals surface area (Å²) in [5.41, 5.74) is -0.0337. The highest BCUT2D eigenvalue weighted by Gasteiger charge is 2.36. The number of hydrogen-bond acceptors (Lipinski definition) is 3. The van der Waals surface area contributed by atoms with E-state index in [1.807, 2.05) is 36.4 Å². The molecular weight excluding hydrogens is 376 g/mol. The molecule has 0 aromatic heterocycles. The van der Waals surface area contributed by atoms with E-state index < -0.39 is 5.60 Å². The van der Waals surface area contributed by atoms with Crippen molar-refractivity contribution in [2.24, 2.45) is 0 Å². The molecule has 1 aliphatic rings. The molecule has 6 heteroatoms. The first-order valence-electron chi connectivity index (χ1n) is 6.35. The van der Waals surface area contributed by atoms with Crippen molar-refractivity contribution in [3.05, 3.63) is 33.1 Å². The number of benzene rings is 1. The summed E-state index contributed by atoms with van der Waals surface area (Å²) < 4.78 is 19.4. The third kappa shape index (κ3) is 3.48. The number of aliphatic hydroxyl groups is 1. The molecule has 1 saturated heterocycles. The van der Waals surface area contributed by atoms with Crippen molar-refractivity contribution in [1.82, 2.24) is 4.90 Å². The maximum absolute atomic E-state index is 13.1. The SMILES string of the molecule is CC1(C)CN(C(=O)c2ccc(F)cc2I)CC(CO)O1. The van der Waals surface area contributed by atoms with Gasteiger partial charge in [0.05, 0.1) is 23.9 Å². The van der Waals surface area contributed by atoms with Crippen molar-refractivity contribution in [3.63, 3.8) is 0 Å². The Hall–Kier alpha value is -0.730. The van der Waals surface area contributed by atoms with Crippen molar-refractivity contribution in [2.75, 3.05) is 19.7 Å². The van der Waals surface area contributed by atoms with Gasteiger partial charge < -0.3 is 14.7 Å². The number of nitrogens with zero attached hydrogens (tertiary/aromatic N) is 1. The second-order valence-electron chi connectivity index (χ2n) is 5.49. The topological polar surface area (TPSA) is 49.8 Å². The first-order valence-corrected chi connectivity index (χ1v) is 7.43. The summed E-state index contributed by atoms with van der Waals surface area (Å²) in [7, 11) is 0. The molecule has 20 heavy (non-hydrogen) atoms. The molecule has 1 heterocycles. The van der Waals surface area contributed by atoms with Crippen LogP contribution in [0.25, 0.3) is 0 Å². The molecule has 1 amide bonds. The number of ether oxygens (including phenoxy) is 1. The molecule has 1 fully saturated rings. The number of aliphatic hydroxyl groups excluding tert-OH is 1. The van der Waals surface area contributed by atoms with Gasteiger partial charge in [0.15, 0.2) is 0 Å². The molecule has 1 aromatic carbocycles. The van der Waals surface area contributed by atoms with Crippen LogP contribution in [0.1, 0.15) is 24.2 Å². The van der Waals surface area contributed by atoms with Crippen LogP contribution < -0.4 is 0 Å². The van der Waals surface area contributed by atoms with E-state index in [4.69, 9.17) is 4.74 Å². The van der Waals surface area contributed by atoms with E-state index in [1.54, 1.807) is 4.90 Å². The van der Waals surface area contributed by atoms with Gasteiger partial charge in [-0.3, -0.25) is 4.79 Å². The van der Waals surface area contributed by atoms with E-state index in [2.05, 4.69) is 0 Å². The van der Waals surface area contributed by atoms with Crippen LogP contribution in [0.2, 0.25) is 0 Å². The van der Waals surface area contributed by atoms with Gasteiger partial charge in [-0.15, -0.1) is 0 Å². The number of amides is 1. The fourth-order valence-corrected chi connectivity index (χ4v) is 3.09. The Morgan fingerprint density at radius 1 is 1.60 bits per heavy atom. The molecule has 1 aromatic rings. The molecule has 1 aliphatic heterocycles. The van der Waals surface area contributed by atoms with Gasteiger partial charge in [0.2, 0.25) is 0 Å².